The van der Waals surface area contributed by atoms with Crippen molar-refractivity contribution in [3.05, 3.63) is 58.0 Å². The third-order valence-electron chi connectivity index (χ3n) is 4.71. The standard InChI is InChI=1S/C18H21N3O5/c1-13(16-7-8-17(26-16)18(22)25-2)19-9-11-20(12-10-19)14-3-5-15(6-4-14)21(23)24/h3-8,13H,9-12H2,1-2H3/t13-/m1/s1. The number of methoxy groups -OCH3 is 1. The van der Waals surface area contributed by atoms with Crippen LogP contribution >= 0.6 is 0 Å². The highest BCUT2D eigenvalue weighted by Gasteiger charge is 2.25. The van der Waals surface area contributed by atoms with Crippen molar-refractivity contribution in [2.45, 2.75) is 13.0 Å². The Labute approximate surface area is 151 Å². The first-order valence-electron chi connectivity index (χ1n) is 8.41. The zero-order valence-electron chi connectivity index (χ0n) is 14.8. The van der Waals surface area contributed by atoms with Crippen molar-refractivity contribution in [2.75, 3.05) is 38.2 Å². The van der Waals surface area contributed by atoms with Crippen LogP contribution < -0.4 is 4.90 Å². The van der Waals surface area contributed by atoms with Gasteiger partial charge in [0.25, 0.3) is 5.69 Å². The number of hydrogen-bond donors (Lipinski definition) is 0. The Morgan fingerprint density at radius 1 is 1.15 bits per heavy atom. The predicted molar refractivity (Wildman–Crippen MR) is 95.3 cm³/mol. The fourth-order valence-corrected chi connectivity index (χ4v) is 3.12. The summed E-state index contributed by atoms with van der Waals surface area (Å²) < 4.78 is 10.3. The molecule has 1 aliphatic rings. The molecule has 3 rings (SSSR count). The van der Waals surface area contributed by atoms with Gasteiger partial charge in [0.1, 0.15) is 5.76 Å². The molecule has 1 saturated heterocycles. The molecular formula is C18H21N3O5. The largest absolute Gasteiger partial charge is 0.463 e. The third kappa shape index (κ3) is 3.70. The second-order valence-electron chi connectivity index (χ2n) is 6.17. The Hall–Kier alpha value is -2.87. The Kier molecular flexibility index (Phi) is 5.22. The number of nitro groups is 1. The van der Waals surface area contributed by atoms with Gasteiger partial charge in [-0.05, 0) is 31.2 Å². The zero-order valence-corrected chi connectivity index (χ0v) is 14.8. The van der Waals surface area contributed by atoms with Gasteiger partial charge in [0, 0.05) is 44.0 Å². The van der Waals surface area contributed by atoms with Gasteiger partial charge in [0.2, 0.25) is 5.76 Å². The van der Waals surface area contributed by atoms with Gasteiger partial charge < -0.3 is 14.1 Å². The number of nitro benzene ring substituents is 1. The lowest BCUT2D eigenvalue weighted by molar-refractivity contribution is -0.384. The van der Waals surface area contributed by atoms with Crippen LogP contribution in [0.3, 0.4) is 0 Å². The van der Waals surface area contributed by atoms with E-state index >= 15 is 0 Å². The van der Waals surface area contributed by atoms with E-state index in [1.165, 1.54) is 19.2 Å². The lowest BCUT2D eigenvalue weighted by Crippen LogP contribution is -2.47. The molecule has 1 fully saturated rings. The molecule has 0 spiro atoms. The van der Waals surface area contributed by atoms with E-state index in [1.54, 1.807) is 24.3 Å². The fourth-order valence-electron chi connectivity index (χ4n) is 3.12. The summed E-state index contributed by atoms with van der Waals surface area (Å²) in [6.07, 6.45) is 0. The SMILES string of the molecule is COC(=O)c1ccc([C@@H](C)N2CCN(c3ccc([N+](=O)[O-])cc3)CC2)o1. The van der Waals surface area contributed by atoms with Crippen LogP contribution in [0.2, 0.25) is 0 Å². The molecule has 1 aromatic carbocycles. The Morgan fingerprint density at radius 3 is 2.38 bits per heavy atom. The Morgan fingerprint density at radius 2 is 1.81 bits per heavy atom. The van der Waals surface area contributed by atoms with Gasteiger partial charge >= 0.3 is 5.97 Å². The maximum Gasteiger partial charge on any atom is 0.373 e. The van der Waals surface area contributed by atoms with Gasteiger partial charge in [-0.25, -0.2) is 4.79 Å². The van der Waals surface area contributed by atoms with Crippen molar-refractivity contribution in [3.8, 4) is 0 Å². The van der Waals surface area contributed by atoms with Gasteiger partial charge in [-0.1, -0.05) is 0 Å². The summed E-state index contributed by atoms with van der Waals surface area (Å²) in [6.45, 7) is 5.32. The minimum Gasteiger partial charge on any atom is -0.463 e. The van der Waals surface area contributed by atoms with Gasteiger partial charge in [-0.3, -0.25) is 15.0 Å². The molecule has 8 heteroatoms. The molecule has 26 heavy (non-hydrogen) atoms. The first-order chi connectivity index (χ1) is 12.5. The van der Waals surface area contributed by atoms with E-state index in [2.05, 4.69) is 14.5 Å². The lowest BCUT2D eigenvalue weighted by atomic mass is 10.1. The molecule has 0 aliphatic carbocycles. The molecule has 0 radical (unpaired) electrons. The highest BCUT2D eigenvalue weighted by molar-refractivity contribution is 5.86. The van der Waals surface area contributed by atoms with Crippen molar-refractivity contribution in [2.24, 2.45) is 0 Å². The van der Waals surface area contributed by atoms with E-state index in [9.17, 15) is 14.9 Å². The summed E-state index contributed by atoms with van der Waals surface area (Å²) in [5.74, 6) is 0.458. The molecule has 138 valence electrons. The summed E-state index contributed by atoms with van der Waals surface area (Å²) in [5.41, 5.74) is 1.08. The van der Waals surface area contributed by atoms with Crippen LogP contribution in [0.4, 0.5) is 11.4 Å². The topological polar surface area (TPSA) is 89.1 Å². The summed E-state index contributed by atoms with van der Waals surface area (Å²) in [5, 5.41) is 10.8. The normalized spacial score (nSPS) is 16.3. The second kappa shape index (κ2) is 7.57. The van der Waals surface area contributed by atoms with Crippen molar-refractivity contribution < 1.29 is 18.9 Å². The highest BCUT2D eigenvalue weighted by Crippen LogP contribution is 2.26. The number of nitrogens with zero attached hydrogens (tertiary/aromatic N) is 3. The number of benzene rings is 1. The van der Waals surface area contributed by atoms with Crippen LogP contribution in [0.25, 0.3) is 0 Å². The first kappa shape index (κ1) is 17.9. The van der Waals surface area contributed by atoms with E-state index in [4.69, 9.17) is 4.42 Å². The van der Waals surface area contributed by atoms with Gasteiger partial charge in [-0.15, -0.1) is 0 Å². The van der Waals surface area contributed by atoms with Gasteiger partial charge in [0.15, 0.2) is 0 Å². The van der Waals surface area contributed by atoms with Crippen LogP contribution in [0, 0.1) is 10.1 Å². The summed E-state index contributed by atoms with van der Waals surface area (Å²) in [6, 6.07) is 10.1. The molecule has 0 saturated carbocycles. The number of ether oxygens (including phenoxy) is 1. The number of esters is 1. The van der Waals surface area contributed by atoms with E-state index in [1.807, 2.05) is 6.92 Å². The molecule has 2 aromatic rings. The summed E-state index contributed by atoms with van der Waals surface area (Å²) >= 11 is 0. The van der Waals surface area contributed by atoms with Crippen molar-refractivity contribution in [1.29, 1.82) is 0 Å². The van der Waals surface area contributed by atoms with Crippen molar-refractivity contribution in [3.63, 3.8) is 0 Å². The van der Waals surface area contributed by atoms with Crippen LogP contribution in [-0.2, 0) is 4.74 Å². The molecule has 1 aliphatic heterocycles. The second-order valence-corrected chi connectivity index (χ2v) is 6.17. The predicted octanol–water partition coefficient (Wildman–Crippen LogP) is 2.86. The van der Waals surface area contributed by atoms with Crippen LogP contribution in [0.1, 0.15) is 29.3 Å². The number of anilines is 1. The Balaban J connectivity index is 1.60. The van der Waals surface area contributed by atoms with Gasteiger partial charge in [-0.2, -0.15) is 0 Å². The number of piperazine rings is 1. The maximum absolute atomic E-state index is 11.5. The molecule has 1 atom stereocenters. The average Bonchev–Trinajstić information content (AvgIpc) is 3.17. The monoisotopic (exact) mass is 359 g/mol. The lowest BCUT2D eigenvalue weighted by Gasteiger charge is -2.38. The molecule has 1 aromatic heterocycles. The van der Waals surface area contributed by atoms with Crippen molar-refractivity contribution >= 4 is 17.3 Å². The minimum absolute atomic E-state index is 0.0485. The number of hydrogen-bond acceptors (Lipinski definition) is 7. The summed E-state index contributed by atoms with van der Waals surface area (Å²) in [4.78, 5) is 26.4. The van der Waals surface area contributed by atoms with E-state index < -0.39 is 10.9 Å². The van der Waals surface area contributed by atoms with Crippen LogP contribution in [0.15, 0.2) is 40.8 Å². The first-order valence-corrected chi connectivity index (χ1v) is 8.41. The molecule has 8 nitrogen and oxygen atoms in total. The number of rotatable bonds is 5. The quantitative estimate of drug-likeness (QED) is 0.461. The smallest absolute Gasteiger partial charge is 0.373 e. The van der Waals surface area contributed by atoms with Gasteiger partial charge in [0.05, 0.1) is 18.1 Å². The molecule has 0 amide bonds. The highest BCUT2D eigenvalue weighted by atomic mass is 16.6. The van der Waals surface area contributed by atoms with E-state index in [0.29, 0.717) is 0 Å². The molecule has 0 N–H and O–H groups in total. The van der Waals surface area contributed by atoms with Crippen LogP contribution in [0.5, 0.6) is 0 Å². The number of carbonyl (C=O) groups is 1. The molecule has 0 unspecified atom stereocenters. The number of non-ortho nitro benzene ring substituents is 1. The van der Waals surface area contributed by atoms with Crippen LogP contribution in [-0.4, -0.2) is 49.1 Å². The molecular weight excluding hydrogens is 338 g/mol. The van der Waals surface area contributed by atoms with Crippen molar-refractivity contribution in [1.82, 2.24) is 4.90 Å². The average molecular weight is 359 g/mol. The van der Waals surface area contributed by atoms with E-state index in [0.717, 1.165) is 37.6 Å². The Bertz CT molecular complexity index is 778. The third-order valence-corrected chi connectivity index (χ3v) is 4.71. The number of furan rings is 1. The van der Waals surface area contributed by atoms with E-state index in [-0.39, 0.29) is 17.5 Å². The number of carbonyl (C=O) groups excluding carboxylic acids is 1. The maximum atomic E-state index is 11.5. The molecule has 2 heterocycles. The fraction of sp³-hybridized carbons (Fsp3) is 0.389. The minimum atomic E-state index is -0.480. The summed E-state index contributed by atoms with van der Waals surface area (Å²) in [7, 11) is 1.32. The molecule has 0 bridgehead atoms. The zero-order chi connectivity index (χ0) is 18.7.